The van der Waals surface area contributed by atoms with Gasteiger partial charge in [0.2, 0.25) is 10.0 Å². The Labute approximate surface area is 117 Å². The van der Waals surface area contributed by atoms with Crippen LogP contribution in [0.2, 0.25) is 0 Å². The fourth-order valence-electron chi connectivity index (χ4n) is 2.08. The Balaban J connectivity index is 2.28. The van der Waals surface area contributed by atoms with E-state index in [9.17, 15) is 18.5 Å². The van der Waals surface area contributed by atoms with Crippen LogP contribution in [-0.4, -0.2) is 47.8 Å². The maximum absolute atomic E-state index is 12.4. The van der Waals surface area contributed by atoms with Crippen LogP contribution < -0.4 is 5.32 Å². The Bertz CT molecular complexity index is 612. The van der Waals surface area contributed by atoms with Gasteiger partial charge in [0, 0.05) is 31.2 Å². The molecule has 1 aromatic heterocycles. The summed E-state index contributed by atoms with van der Waals surface area (Å²) in [5, 5.41) is 13.7. The van der Waals surface area contributed by atoms with E-state index in [1.807, 2.05) is 13.8 Å². The second-order valence-electron chi connectivity index (χ2n) is 5.26. The number of nitro groups is 1. The van der Waals surface area contributed by atoms with Gasteiger partial charge in [-0.05, 0) is 29.8 Å². The summed E-state index contributed by atoms with van der Waals surface area (Å²) in [6.07, 6.45) is 1.03. The van der Waals surface area contributed by atoms with Crippen LogP contribution in [0.4, 0.5) is 5.82 Å². The highest BCUT2D eigenvalue weighted by Gasteiger charge is 2.34. The van der Waals surface area contributed by atoms with E-state index in [0.717, 1.165) is 12.3 Å². The van der Waals surface area contributed by atoms with Gasteiger partial charge in [-0.15, -0.1) is 0 Å². The van der Waals surface area contributed by atoms with Gasteiger partial charge < -0.3 is 15.4 Å². The lowest BCUT2D eigenvalue weighted by Crippen LogP contribution is -2.58. The molecule has 1 fully saturated rings. The standard InChI is InChI=1S/C11H16N4O4S/c1-11(2)8-14(6-5-13-11)20(18,19)9-3-4-10(12-7-9)15(16)17/h3-4,7,13H,5-6,8H2,1-2H3. The van der Waals surface area contributed by atoms with E-state index in [1.165, 1.54) is 10.4 Å². The maximum Gasteiger partial charge on any atom is 0.363 e. The topological polar surface area (TPSA) is 105 Å². The molecule has 1 saturated heterocycles. The number of rotatable bonds is 3. The molecule has 0 atom stereocenters. The van der Waals surface area contributed by atoms with Crippen molar-refractivity contribution in [2.24, 2.45) is 0 Å². The van der Waals surface area contributed by atoms with Crippen molar-refractivity contribution in [3.8, 4) is 0 Å². The van der Waals surface area contributed by atoms with E-state index < -0.39 is 14.9 Å². The first-order valence-corrected chi connectivity index (χ1v) is 7.52. The van der Waals surface area contributed by atoms with Gasteiger partial charge in [0.15, 0.2) is 6.20 Å². The molecule has 1 aliphatic rings. The molecule has 8 nitrogen and oxygen atoms in total. The number of sulfonamides is 1. The zero-order valence-electron chi connectivity index (χ0n) is 11.2. The summed E-state index contributed by atoms with van der Waals surface area (Å²) >= 11 is 0. The molecule has 0 aliphatic carbocycles. The van der Waals surface area contributed by atoms with Gasteiger partial charge in [0.05, 0.1) is 0 Å². The second-order valence-corrected chi connectivity index (χ2v) is 7.20. The molecule has 0 amide bonds. The lowest BCUT2D eigenvalue weighted by Gasteiger charge is -2.38. The minimum Gasteiger partial charge on any atom is -0.358 e. The molecule has 0 unspecified atom stereocenters. The van der Waals surface area contributed by atoms with Gasteiger partial charge in [0.1, 0.15) is 4.90 Å². The number of nitrogens with zero attached hydrogens (tertiary/aromatic N) is 3. The number of pyridine rings is 1. The molecule has 0 radical (unpaired) electrons. The minimum absolute atomic E-state index is 0.0270. The van der Waals surface area contributed by atoms with E-state index >= 15 is 0 Å². The van der Waals surface area contributed by atoms with E-state index in [0.29, 0.717) is 19.6 Å². The van der Waals surface area contributed by atoms with Crippen LogP contribution in [0, 0.1) is 10.1 Å². The molecular weight excluding hydrogens is 284 g/mol. The van der Waals surface area contributed by atoms with Gasteiger partial charge in [-0.3, -0.25) is 0 Å². The molecule has 0 saturated carbocycles. The van der Waals surface area contributed by atoms with Crippen LogP contribution in [0.25, 0.3) is 0 Å². The van der Waals surface area contributed by atoms with Crippen LogP contribution in [0.1, 0.15) is 13.8 Å². The largest absolute Gasteiger partial charge is 0.363 e. The summed E-state index contributed by atoms with van der Waals surface area (Å²) < 4.78 is 26.3. The smallest absolute Gasteiger partial charge is 0.358 e. The average Bonchev–Trinajstić information content (AvgIpc) is 2.37. The summed E-state index contributed by atoms with van der Waals surface area (Å²) in [5.74, 6) is -0.371. The lowest BCUT2D eigenvalue weighted by atomic mass is 10.0. The number of nitrogens with one attached hydrogen (secondary N) is 1. The molecule has 0 aromatic carbocycles. The predicted octanol–water partition coefficient (Wildman–Crippen LogP) is 0.362. The monoisotopic (exact) mass is 300 g/mol. The molecule has 1 aliphatic heterocycles. The first kappa shape index (κ1) is 14.8. The predicted molar refractivity (Wildman–Crippen MR) is 71.7 cm³/mol. The average molecular weight is 300 g/mol. The second kappa shape index (κ2) is 5.08. The molecule has 1 N–H and O–H groups in total. The quantitative estimate of drug-likeness (QED) is 0.638. The fraction of sp³-hybridized carbons (Fsp3) is 0.545. The summed E-state index contributed by atoms with van der Waals surface area (Å²) in [5.41, 5.74) is -0.306. The van der Waals surface area contributed by atoms with Crippen molar-refractivity contribution in [3.63, 3.8) is 0 Å². The van der Waals surface area contributed by atoms with Crippen LogP contribution >= 0.6 is 0 Å². The number of hydrogen-bond donors (Lipinski definition) is 1. The van der Waals surface area contributed by atoms with E-state index in [1.54, 1.807) is 0 Å². The molecule has 0 spiro atoms. The zero-order chi connectivity index (χ0) is 15.0. The van der Waals surface area contributed by atoms with Crippen molar-refractivity contribution >= 4 is 15.8 Å². The highest BCUT2D eigenvalue weighted by Crippen LogP contribution is 2.21. The normalized spacial score (nSPS) is 19.7. The van der Waals surface area contributed by atoms with Crippen molar-refractivity contribution < 1.29 is 13.3 Å². The van der Waals surface area contributed by atoms with E-state index in [2.05, 4.69) is 10.3 Å². The Kier molecular flexibility index (Phi) is 3.76. The van der Waals surface area contributed by atoms with E-state index in [4.69, 9.17) is 0 Å². The third-order valence-corrected chi connectivity index (χ3v) is 4.91. The molecule has 1 aromatic rings. The summed E-state index contributed by atoms with van der Waals surface area (Å²) in [7, 11) is -3.67. The fourth-order valence-corrected chi connectivity index (χ4v) is 3.63. The Morgan fingerprint density at radius 2 is 2.15 bits per heavy atom. The molecule has 110 valence electrons. The third-order valence-electron chi connectivity index (χ3n) is 3.08. The molecule has 20 heavy (non-hydrogen) atoms. The van der Waals surface area contributed by atoms with Crippen LogP contribution in [0.3, 0.4) is 0 Å². The Morgan fingerprint density at radius 1 is 1.45 bits per heavy atom. The number of piperazine rings is 1. The summed E-state index contributed by atoms with van der Waals surface area (Å²) in [6.45, 7) is 5.10. The molecule has 2 heterocycles. The van der Waals surface area contributed by atoms with Crippen molar-refractivity contribution in [1.82, 2.24) is 14.6 Å². The SMILES string of the molecule is CC1(C)CN(S(=O)(=O)c2ccc([N+](=O)[O-])nc2)CCN1. The van der Waals surface area contributed by atoms with Gasteiger partial charge in [-0.1, -0.05) is 0 Å². The maximum atomic E-state index is 12.4. The number of hydrogen-bond acceptors (Lipinski definition) is 6. The van der Waals surface area contributed by atoms with Gasteiger partial charge in [-0.25, -0.2) is 8.42 Å². The van der Waals surface area contributed by atoms with Gasteiger partial charge in [0.25, 0.3) is 0 Å². The van der Waals surface area contributed by atoms with Gasteiger partial charge in [-0.2, -0.15) is 4.31 Å². The van der Waals surface area contributed by atoms with Crippen LogP contribution in [0.15, 0.2) is 23.2 Å². The van der Waals surface area contributed by atoms with Crippen molar-refractivity contribution in [2.45, 2.75) is 24.3 Å². The first-order chi connectivity index (χ1) is 9.22. The highest BCUT2D eigenvalue weighted by atomic mass is 32.2. The summed E-state index contributed by atoms with van der Waals surface area (Å²) in [4.78, 5) is 13.4. The molecule has 9 heteroatoms. The van der Waals surface area contributed by atoms with Crippen LogP contribution in [0.5, 0.6) is 0 Å². The van der Waals surface area contributed by atoms with Crippen molar-refractivity contribution in [1.29, 1.82) is 0 Å². The highest BCUT2D eigenvalue weighted by molar-refractivity contribution is 7.89. The third kappa shape index (κ3) is 2.94. The lowest BCUT2D eigenvalue weighted by molar-refractivity contribution is -0.389. The van der Waals surface area contributed by atoms with E-state index in [-0.39, 0.29) is 16.3 Å². The molecule has 0 bridgehead atoms. The van der Waals surface area contributed by atoms with Gasteiger partial charge >= 0.3 is 5.82 Å². The molecule has 2 rings (SSSR count). The van der Waals surface area contributed by atoms with Crippen molar-refractivity contribution in [3.05, 3.63) is 28.4 Å². The zero-order valence-corrected chi connectivity index (χ0v) is 12.1. The van der Waals surface area contributed by atoms with Crippen LogP contribution in [-0.2, 0) is 10.0 Å². The Hall–Kier alpha value is -1.58. The van der Waals surface area contributed by atoms with Crippen molar-refractivity contribution in [2.75, 3.05) is 19.6 Å². The number of aromatic nitrogens is 1. The Morgan fingerprint density at radius 3 is 2.65 bits per heavy atom. The first-order valence-electron chi connectivity index (χ1n) is 6.08. The summed E-state index contributed by atoms with van der Waals surface area (Å²) in [6, 6.07) is 2.32. The molecular formula is C11H16N4O4S. The minimum atomic E-state index is -3.67.